The van der Waals surface area contributed by atoms with Crippen molar-refractivity contribution in [3.05, 3.63) is 0 Å². The van der Waals surface area contributed by atoms with Crippen LogP contribution in [0.15, 0.2) is 0 Å². The van der Waals surface area contributed by atoms with Gasteiger partial charge in [0.1, 0.15) is 0 Å². The average Bonchev–Trinajstić information content (AvgIpc) is 1.72. The summed E-state index contributed by atoms with van der Waals surface area (Å²) in [5.41, 5.74) is 6.28. The van der Waals surface area contributed by atoms with Crippen molar-refractivity contribution in [2.24, 2.45) is 0 Å². The molecule has 0 aliphatic carbocycles. The first-order valence-electron chi connectivity index (χ1n) is 2.25. The summed E-state index contributed by atoms with van der Waals surface area (Å²) in [6.45, 7) is 1.17. The van der Waals surface area contributed by atoms with Crippen LogP contribution < -0.4 is 10.9 Å². The molecule has 0 amide bonds. The summed E-state index contributed by atoms with van der Waals surface area (Å²) < 4.78 is 0. The van der Waals surface area contributed by atoms with Crippen molar-refractivity contribution in [2.45, 2.75) is 12.6 Å². The minimum absolute atomic E-state index is 0.616. The van der Waals surface area contributed by atoms with Gasteiger partial charge in [0, 0.05) is 6.54 Å². The summed E-state index contributed by atoms with van der Waals surface area (Å²) in [7, 11) is 0. The van der Waals surface area contributed by atoms with Crippen molar-refractivity contribution < 1.29 is 0 Å². The maximum atomic E-state index is 3.14. The van der Waals surface area contributed by atoms with Gasteiger partial charge >= 0.3 is 0 Å². The van der Waals surface area contributed by atoms with Crippen LogP contribution in [0.3, 0.4) is 0 Å². The molecule has 3 saturated heterocycles. The molecule has 0 aromatic rings. The highest BCUT2D eigenvalue weighted by molar-refractivity contribution is 4.78. The average molecular weight is 85.1 g/mol. The topological polar surface area (TPSA) is 27.3 Å². The van der Waals surface area contributed by atoms with E-state index in [9.17, 15) is 0 Å². The number of hydrogen-bond donors (Lipinski definition) is 2. The molecule has 2 bridgehead atoms. The van der Waals surface area contributed by atoms with Crippen LogP contribution in [-0.4, -0.2) is 17.8 Å². The normalized spacial score (nSPS) is 52.0. The van der Waals surface area contributed by atoms with Gasteiger partial charge < -0.3 is 0 Å². The van der Waals surface area contributed by atoms with Crippen molar-refractivity contribution >= 4 is 0 Å². The van der Waals surface area contributed by atoms with E-state index in [2.05, 4.69) is 10.9 Å². The Kier molecular flexibility index (Phi) is 0.371. The highest BCUT2D eigenvalue weighted by Crippen LogP contribution is 2.09. The molecule has 3 rings (SSSR count). The first kappa shape index (κ1) is 2.96. The quantitative estimate of drug-likeness (QED) is 0.397. The molecule has 0 radical (unpaired) electrons. The standard InChI is InChI=1S/C3H7N3/c1-2-6-4-3(1)5-6/h3-5H,1-2H2. The van der Waals surface area contributed by atoms with Crippen LogP contribution in [-0.2, 0) is 0 Å². The van der Waals surface area contributed by atoms with Gasteiger partial charge in [-0.25, -0.2) is 10.9 Å². The zero-order valence-electron chi connectivity index (χ0n) is 3.44. The molecule has 0 aromatic heterocycles. The number of hydrogen-bond acceptors (Lipinski definition) is 3. The third kappa shape index (κ3) is 0.194. The molecule has 2 N–H and O–H groups in total. The fourth-order valence-electron chi connectivity index (χ4n) is 0.893. The monoisotopic (exact) mass is 85.1 g/mol. The molecule has 0 aromatic carbocycles. The first-order chi connectivity index (χ1) is 2.95. The highest BCUT2D eigenvalue weighted by Gasteiger charge is 2.31. The molecule has 0 spiro atoms. The summed E-state index contributed by atoms with van der Waals surface area (Å²) in [4.78, 5) is 0. The Morgan fingerprint density at radius 3 is 2.50 bits per heavy atom. The molecule has 3 aliphatic heterocycles. The summed E-state index contributed by atoms with van der Waals surface area (Å²) in [5.74, 6) is 0. The minimum atomic E-state index is 0.616. The molecule has 0 saturated carbocycles. The van der Waals surface area contributed by atoms with Gasteiger partial charge in [-0.2, -0.15) is 5.12 Å². The van der Waals surface area contributed by atoms with E-state index in [1.54, 1.807) is 0 Å². The van der Waals surface area contributed by atoms with Crippen molar-refractivity contribution in [3.8, 4) is 0 Å². The van der Waals surface area contributed by atoms with Gasteiger partial charge in [0.25, 0.3) is 0 Å². The smallest absolute Gasteiger partial charge is 0.0876 e. The van der Waals surface area contributed by atoms with Crippen LogP contribution in [0.4, 0.5) is 0 Å². The molecule has 3 nitrogen and oxygen atoms in total. The predicted octanol–water partition coefficient (Wildman–Crippen LogP) is -0.959. The van der Waals surface area contributed by atoms with E-state index in [1.165, 1.54) is 13.0 Å². The van der Waals surface area contributed by atoms with Crippen LogP contribution in [0.1, 0.15) is 6.42 Å². The third-order valence-electron chi connectivity index (χ3n) is 1.26. The van der Waals surface area contributed by atoms with Gasteiger partial charge in [0.15, 0.2) is 0 Å². The lowest BCUT2D eigenvalue weighted by Gasteiger charge is -2.29. The van der Waals surface area contributed by atoms with Gasteiger partial charge in [-0.05, 0) is 6.42 Å². The number of hydrazine groups is 2. The lowest BCUT2D eigenvalue weighted by Crippen LogP contribution is -2.63. The van der Waals surface area contributed by atoms with Crippen LogP contribution in [0.5, 0.6) is 0 Å². The largest absolute Gasteiger partial charge is 0.223 e. The van der Waals surface area contributed by atoms with Gasteiger partial charge in [-0.3, -0.25) is 0 Å². The van der Waals surface area contributed by atoms with Crippen molar-refractivity contribution in [2.75, 3.05) is 6.54 Å². The summed E-state index contributed by atoms with van der Waals surface area (Å²) in [5, 5.41) is 2.00. The molecule has 34 valence electrons. The van der Waals surface area contributed by atoms with Gasteiger partial charge in [0.2, 0.25) is 0 Å². The number of rotatable bonds is 0. The SMILES string of the molecule is C1CN2NC1N2. The van der Waals surface area contributed by atoms with E-state index in [-0.39, 0.29) is 0 Å². The molecule has 6 heavy (non-hydrogen) atoms. The lowest BCUT2D eigenvalue weighted by molar-refractivity contribution is 0.0308. The molecule has 3 heterocycles. The van der Waals surface area contributed by atoms with Gasteiger partial charge in [-0.1, -0.05) is 0 Å². The molecule has 0 unspecified atom stereocenters. The maximum Gasteiger partial charge on any atom is 0.0876 e. The second-order valence-electron chi connectivity index (χ2n) is 1.75. The fourth-order valence-corrected chi connectivity index (χ4v) is 0.893. The van der Waals surface area contributed by atoms with Crippen molar-refractivity contribution in [3.63, 3.8) is 0 Å². The highest BCUT2D eigenvalue weighted by atomic mass is 15.9. The van der Waals surface area contributed by atoms with E-state index in [0.29, 0.717) is 6.17 Å². The zero-order valence-corrected chi connectivity index (χ0v) is 3.44. The summed E-state index contributed by atoms with van der Waals surface area (Å²) in [6, 6.07) is 0. The molecule has 3 fully saturated rings. The Morgan fingerprint density at radius 2 is 2.33 bits per heavy atom. The Bertz CT molecular complexity index is 52.9. The molecular weight excluding hydrogens is 78.1 g/mol. The minimum Gasteiger partial charge on any atom is -0.223 e. The Labute approximate surface area is 36.3 Å². The van der Waals surface area contributed by atoms with Crippen LogP contribution in [0, 0.1) is 0 Å². The van der Waals surface area contributed by atoms with Gasteiger partial charge in [0.05, 0.1) is 6.17 Å². The van der Waals surface area contributed by atoms with Crippen LogP contribution in [0.2, 0.25) is 0 Å². The van der Waals surface area contributed by atoms with Crippen LogP contribution >= 0.6 is 0 Å². The van der Waals surface area contributed by atoms with E-state index in [0.717, 1.165) is 0 Å². The number of nitrogens with zero attached hydrogens (tertiary/aromatic N) is 1. The summed E-state index contributed by atoms with van der Waals surface area (Å²) >= 11 is 0. The van der Waals surface area contributed by atoms with Crippen molar-refractivity contribution in [1.29, 1.82) is 0 Å². The van der Waals surface area contributed by atoms with E-state index in [1.807, 2.05) is 5.12 Å². The Hall–Kier alpha value is -0.120. The summed E-state index contributed by atoms with van der Waals surface area (Å²) in [6.07, 6.45) is 1.88. The Morgan fingerprint density at radius 1 is 1.50 bits per heavy atom. The molecular formula is C3H7N3. The number of nitrogens with one attached hydrogen (secondary N) is 2. The van der Waals surface area contributed by atoms with Crippen LogP contribution in [0.25, 0.3) is 0 Å². The molecule has 0 atom stereocenters. The van der Waals surface area contributed by atoms with Gasteiger partial charge in [-0.15, -0.1) is 0 Å². The van der Waals surface area contributed by atoms with E-state index in [4.69, 9.17) is 0 Å². The molecule has 3 aliphatic rings. The van der Waals surface area contributed by atoms with E-state index >= 15 is 0 Å². The number of fused-ring (bicyclic) bond motifs is 1. The Balaban J connectivity index is 2.16. The molecule has 3 heteroatoms. The maximum absolute atomic E-state index is 3.14. The lowest BCUT2D eigenvalue weighted by atomic mass is 10.4. The first-order valence-corrected chi connectivity index (χ1v) is 2.25. The zero-order chi connectivity index (χ0) is 3.98. The fraction of sp³-hybridized carbons (Fsp3) is 1.00. The van der Waals surface area contributed by atoms with E-state index < -0.39 is 0 Å². The van der Waals surface area contributed by atoms with Crippen molar-refractivity contribution in [1.82, 2.24) is 16.0 Å². The second kappa shape index (κ2) is 0.753. The third-order valence-corrected chi connectivity index (χ3v) is 1.26. The predicted molar refractivity (Wildman–Crippen MR) is 21.4 cm³/mol. The second-order valence-corrected chi connectivity index (χ2v) is 1.75.